The Bertz CT molecular complexity index is 876. The fourth-order valence-corrected chi connectivity index (χ4v) is 3.07. The fraction of sp³-hybridized carbons (Fsp3) is 0.300. The molecule has 2 heterocycles. The van der Waals surface area contributed by atoms with Gasteiger partial charge in [0.2, 0.25) is 0 Å². The molecule has 0 radical (unpaired) electrons. The highest BCUT2D eigenvalue weighted by molar-refractivity contribution is 5.93. The minimum Gasteiger partial charge on any atom is -0.456 e. The zero-order valence-electron chi connectivity index (χ0n) is 14.8. The van der Waals surface area contributed by atoms with Crippen LogP contribution in [-0.4, -0.2) is 15.4 Å². The molecule has 3 aromatic rings. The number of ether oxygens (including phenoxy) is 1. The van der Waals surface area contributed by atoms with Crippen LogP contribution in [-0.2, 0) is 11.3 Å². The van der Waals surface area contributed by atoms with Crippen LogP contribution in [0.25, 0.3) is 5.65 Å². The molecule has 0 fully saturated rings. The normalized spacial score (nSPS) is 11.0. The van der Waals surface area contributed by atoms with Gasteiger partial charge >= 0.3 is 5.97 Å². The summed E-state index contributed by atoms with van der Waals surface area (Å²) >= 11 is 0. The lowest BCUT2D eigenvalue weighted by atomic mass is 9.90. The second-order valence-corrected chi connectivity index (χ2v) is 6.27. The lowest BCUT2D eigenvalue weighted by Gasteiger charge is -2.17. The molecule has 0 aliphatic heterocycles. The summed E-state index contributed by atoms with van der Waals surface area (Å²) in [5, 5.41) is 0. The van der Waals surface area contributed by atoms with Gasteiger partial charge in [-0.25, -0.2) is 9.78 Å². The molecule has 0 atom stereocenters. The van der Waals surface area contributed by atoms with Gasteiger partial charge < -0.3 is 9.14 Å². The number of aromatic nitrogens is 2. The van der Waals surface area contributed by atoms with Crippen molar-refractivity contribution in [2.45, 2.75) is 41.2 Å². The van der Waals surface area contributed by atoms with Crippen molar-refractivity contribution < 1.29 is 9.53 Å². The molecule has 4 nitrogen and oxygen atoms in total. The molecule has 0 amide bonds. The van der Waals surface area contributed by atoms with Crippen molar-refractivity contribution in [2.75, 3.05) is 0 Å². The molecule has 4 heteroatoms. The van der Waals surface area contributed by atoms with Gasteiger partial charge in [0.25, 0.3) is 0 Å². The number of imidazole rings is 1. The van der Waals surface area contributed by atoms with Crippen LogP contribution >= 0.6 is 0 Å². The number of fused-ring (bicyclic) bond motifs is 1. The van der Waals surface area contributed by atoms with Gasteiger partial charge in [-0.1, -0.05) is 6.07 Å². The predicted molar refractivity (Wildman–Crippen MR) is 94.4 cm³/mol. The lowest BCUT2D eigenvalue weighted by Crippen LogP contribution is -2.12. The van der Waals surface area contributed by atoms with Crippen molar-refractivity contribution in [2.24, 2.45) is 0 Å². The van der Waals surface area contributed by atoms with E-state index in [1.165, 1.54) is 5.56 Å². The third kappa shape index (κ3) is 2.68. The average molecular weight is 322 g/mol. The van der Waals surface area contributed by atoms with Gasteiger partial charge in [-0.05, 0) is 74.6 Å². The van der Waals surface area contributed by atoms with E-state index >= 15 is 0 Å². The second-order valence-electron chi connectivity index (χ2n) is 6.27. The van der Waals surface area contributed by atoms with Crippen molar-refractivity contribution in [3.63, 3.8) is 0 Å². The molecule has 1 aromatic carbocycles. The molecule has 0 aliphatic rings. The Hall–Kier alpha value is -2.62. The number of rotatable bonds is 3. The van der Waals surface area contributed by atoms with Gasteiger partial charge in [0, 0.05) is 12.4 Å². The minimum absolute atomic E-state index is 0.172. The highest BCUT2D eigenvalue weighted by Gasteiger charge is 2.19. The van der Waals surface area contributed by atoms with Crippen molar-refractivity contribution in [1.29, 1.82) is 0 Å². The molecule has 0 bridgehead atoms. The zero-order chi connectivity index (χ0) is 17.4. The van der Waals surface area contributed by atoms with Crippen molar-refractivity contribution >= 4 is 11.6 Å². The van der Waals surface area contributed by atoms with Crippen molar-refractivity contribution in [3.05, 3.63) is 69.7 Å². The summed E-state index contributed by atoms with van der Waals surface area (Å²) in [6.45, 7) is 10.3. The molecule has 0 saturated carbocycles. The third-order valence-electron chi connectivity index (χ3n) is 4.97. The van der Waals surface area contributed by atoms with Crippen molar-refractivity contribution in [1.82, 2.24) is 9.38 Å². The number of carbonyl (C=O) groups is 1. The predicted octanol–water partition coefficient (Wildman–Crippen LogP) is 4.23. The minimum atomic E-state index is -0.284. The maximum absolute atomic E-state index is 12.6. The smallest absolute Gasteiger partial charge is 0.339 e. The first-order chi connectivity index (χ1) is 11.4. The number of nitrogens with zero attached hydrogens (tertiary/aromatic N) is 2. The highest BCUT2D eigenvalue weighted by atomic mass is 16.5. The molecule has 0 spiro atoms. The molecular formula is C20H22N2O2. The molecule has 2 aromatic heterocycles. The summed E-state index contributed by atoms with van der Waals surface area (Å²) in [7, 11) is 0. The summed E-state index contributed by atoms with van der Waals surface area (Å²) in [5.74, 6) is -0.284. The summed E-state index contributed by atoms with van der Waals surface area (Å²) in [6, 6.07) is 5.80. The number of pyridine rings is 1. The van der Waals surface area contributed by atoms with Crippen LogP contribution in [0.1, 0.15) is 43.9 Å². The van der Waals surface area contributed by atoms with Crippen LogP contribution in [0.2, 0.25) is 0 Å². The van der Waals surface area contributed by atoms with Gasteiger partial charge in [-0.15, -0.1) is 0 Å². The summed E-state index contributed by atoms with van der Waals surface area (Å²) in [6.07, 6.45) is 3.81. The summed E-state index contributed by atoms with van der Waals surface area (Å²) in [4.78, 5) is 17.1. The highest BCUT2D eigenvalue weighted by Crippen LogP contribution is 2.26. The standard InChI is InChI=1S/C20H22N2O2/c1-12-13(2)15(4)19(16(5)14(12)3)20(23)24-11-17-10-22-9-7-6-8-18(22)21-17/h6-10H,11H2,1-5H3. The molecule has 124 valence electrons. The molecular weight excluding hydrogens is 300 g/mol. The van der Waals surface area contributed by atoms with Crippen LogP contribution < -0.4 is 0 Å². The molecule has 0 saturated heterocycles. The van der Waals surface area contributed by atoms with Crippen molar-refractivity contribution in [3.8, 4) is 0 Å². The van der Waals surface area contributed by atoms with E-state index in [0.717, 1.165) is 33.6 Å². The van der Waals surface area contributed by atoms with Gasteiger partial charge in [0.15, 0.2) is 0 Å². The molecule has 0 aliphatic carbocycles. The number of hydrogen-bond acceptors (Lipinski definition) is 3. The van der Waals surface area contributed by atoms with E-state index in [2.05, 4.69) is 25.8 Å². The van der Waals surface area contributed by atoms with E-state index in [9.17, 15) is 4.79 Å². The zero-order valence-corrected chi connectivity index (χ0v) is 14.8. The van der Waals surface area contributed by atoms with Crippen LogP contribution in [0.3, 0.4) is 0 Å². The Morgan fingerprint density at radius 1 is 1.00 bits per heavy atom. The number of hydrogen-bond donors (Lipinski definition) is 0. The number of carbonyl (C=O) groups excluding carboxylic acids is 1. The lowest BCUT2D eigenvalue weighted by molar-refractivity contribution is 0.0466. The molecule has 24 heavy (non-hydrogen) atoms. The Morgan fingerprint density at radius 2 is 1.62 bits per heavy atom. The van der Waals surface area contributed by atoms with E-state index < -0.39 is 0 Å². The quantitative estimate of drug-likeness (QED) is 0.678. The molecule has 0 N–H and O–H groups in total. The first kappa shape index (κ1) is 16.2. The Balaban J connectivity index is 1.85. The number of benzene rings is 1. The molecule has 0 unspecified atom stereocenters. The van der Waals surface area contributed by atoms with Crippen LogP contribution in [0, 0.1) is 34.6 Å². The number of esters is 1. The van der Waals surface area contributed by atoms with E-state index in [-0.39, 0.29) is 12.6 Å². The maximum atomic E-state index is 12.6. The topological polar surface area (TPSA) is 43.6 Å². The summed E-state index contributed by atoms with van der Waals surface area (Å²) < 4.78 is 7.46. The average Bonchev–Trinajstić information content (AvgIpc) is 2.99. The fourth-order valence-electron chi connectivity index (χ4n) is 3.07. The largest absolute Gasteiger partial charge is 0.456 e. The first-order valence-electron chi connectivity index (χ1n) is 8.07. The Kier molecular flexibility index (Phi) is 4.14. The monoisotopic (exact) mass is 322 g/mol. The first-order valence-corrected chi connectivity index (χ1v) is 8.07. The van der Waals surface area contributed by atoms with E-state index in [1.807, 2.05) is 48.8 Å². The molecule has 3 rings (SSSR count). The Morgan fingerprint density at radius 3 is 2.25 bits per heavy atom. The van der Waals surface area contributed by atoms with Crippen LogP contribution in [0.15, 0.2) is 30.6 Å². The SMILES string of the molecule is Cc1c(C)c(C)c(C(=O)OCc2cn3ccccc3n2)c(C)c1C. The van der Waals surface area contributed by atoms with Crippen LogP contribution in [0.5, 0.6) is 0 Å². The van der Waals surface area contributed by atoms with Gasteiger partial charge in [0.1, 0.15) is 12.3 Å². The van der Waals surface area contributed by atoms with E-state index in [1.54, 1.807) is 0 Å². The summed E-state index contributed by atoms with van der Waals surface area (Å²) in [5.41, 5.74) is 7.80. The van der Waals surface area contributed by atoms with Gasteiger partial charge in [0.05, 0.1) is 11.3 Å². The van der Waals surface area contributed by atoms with E-state index in [0.29, 0.717) is 5.56 Å². The van der Waals surface area contributed by atoms with Gasteiger partial charge in [-0.3, -0.25) is 0 Å². The van der Waals surface area contributed by atoms with E-state index in [4.69, 9.17) is 4.74 Å². The third-order valence-corrected chi connectivity index (χ3v) is 4.97. The Labute approximate surface area is 142 Å². The van der Waals surface area contributed by atoms with Gasteiger partial charge in [-0.2, -0.15) is 0 Å². The van der Waals surface area contributed by atoms with Crippen LogP contribution in [0.4, 0.5) is 0 Å². The second kappa shape index (κ2) is 6.11. The maximum Gasteiger partial charge on any atom is 0.339 e.